The summed E-state index contributed by atoms with van der Waals surface area (Å²) in [6, 6.07) is 1.94. The van der Waals surface area contributed by atoms with Gasteiger partial charge in [-0.15, -0.1) is 24.0 Å². The molecule has 0 aromatic carbocycles. The average Bonchev–Trinajstić information content (AvgIpc) is 3.35. The van der Waals surface area contributed by atoms with E-state index in [2.05, 4.69) is 34.4 Å². The molecule has 0 radical (unpaired) electrons. The van der Waals surface area contributed by atoms with E-state index in [1.165, 1.54) is 64.5 Å². The van der Waals surface area contributed by atoms with Crippen LogP contribution in [-0.2, 0) is 0 Å². The quantitative estimate of drug-likeness (QED) is 0.392. The van der Waals surface area contributed by atoms with E-state index >= 15 is 0 Å². The summed E-state index contributed by atoms with van der Waals surface area (Å²) in [5, 5.41) is 7.37. The normalized spacial score (nSPS) is 30.1. The lowest BCUT2D eigenvalue weighted by atomic mass is 9.85. The predicted octanol–water partition coefficient (Wildman–Crippen LogP) is 3.61. The van der Waals surface area contributed by atoms with Gasteiger partial charge in [-0.25, -0.2) is 0 Å². The van der Waals surface area contributed by atoms with Gasteiger partial charge in [-0.05, 0) is 44.9 Å². The van der Waals surface area contributed by atoms with Crippen LogP contribution in [0.4, 0.5) is 0 Å². The number of hydrogen-bond donors (Lipinski definition) is 2. The summed E-state index contributed by atoms with van der Waals surface area (Å²) in [6.07, 6.45) is 11.1. The van der Waals surface area contributed by atoms with Gasteiger partial charge < -0.3 is 15.5 Å². The maximum absolute atomic E-state index is 4.48. The van der Waals surface area contributed by atoms with E-state index in [1.807, 2.05) is 7.05 Å². The number of likely N-dealkylation sites (tertiary alicyclic amines) is 1. The summed E-state index contributed by atoms with van der Waals surface area (Å²) >= 11 is 0. The molecule has 1 heterocycles. The molecule has 2 N–H and O–H groups in total. The Labute approximate surface area is 165 Å². The topological polar surface area (TPSA) is 39.7 Å². The average molecular weight is 448 g/mol. The summed E-state index contributed by atoms with van der Waals surface area (Å²) in [4.78, 5) is 7.05. The smallest absolute Gasteiger partial charge is 0.191 e. The van der Waals surface area contributed by atoms with Crippen molar-refractivity contribution in [2.24, 2.45) is 16.8 Å². The fourth-order valence-electron chi connectivity index (χ4n) is 4.56. The Hall–Kier alpha value is -0.0400. The molecule has 1 aliphatic heterocycles. The first-order valence-corrected chi connectivity index (χ1v) is 9.91. The second-order valence-electron chi connectivity index (χ2n) is 8.17. The third-order valence-electron chi connectivity index (χ3n) is 6.24. The molecule has 0 bridgehead atoms. The zero-order valence-corrected chi connectivity index (χ0v) is 18.1. The standard InChI is InChI=1S/C19H36N4.HI/c1-14(2)23-11-9-16(10-12-23)21-19(20-3)22-18-13-17(18)15-7-5-4-6-8-15;/h14-18H,4-13H2,1-3H3,(H2,20,21,22);1H. The zero-order chi connectivity index (χ0) is 16.2. The number of hydrogen-bond acceptors (Lipinski definition) is 2. The Bertz CT molecular complexity index is 398. The molecule has 2 unspecified atom stereocenters. The lowest BCUT2D eigenvalue weighted by Crippen LogP contribution is -2.50. The van der Waals surface area contributed by atoms with Gasteiger partial charge in [0, 0.05) is 38.3 Å². The van der Waals surface area contributed by atoms with Crippen molar-refractivity contribution >= 4 is 29.9 Å². The fourth-order valence-corrected chi connectivity index (χ4v) is 4.56. The molecule has 5 heteroatoms. The first-order chi connectivity index (χ1) is 11.2. The number of guanidine groups is 1. The molecule has 1 saturated heterocycles. The molecule has 2 atom stereocenters. The summed E-state index contributed by atoms with van der Waals surface area (Å²) < 4.78 is 0. The molecule has 3 fully saturated rings. The molecule has 0 spiro atoms. The van der Waals surface area contributed by atoms with Crippen LogP contribution in [0.25, 0.3) is 0 Å². The molecule has 3 aliphatic rings. The third kappa shape index (κ3) is 5.48. The Balaban J connectivity index is 0.00000208. The van der Waals surface area contributed by atoms with Crippen LogP contribution >= 0.6 is 24.0 Å². The van der Waals surface area contributed by atoms with Gasteiger partial charge in [0.05, 0.1) is 0 Å². The van der Waals surface area contributed by atoms with E-state index in [1.54, 1.807) is 0 Å². The van der Waals surface area contributed by atoms with Gasteiger partial charge in [0.25, 0.3) is 0 Å². The maximum atomic E-state index is 4.48. The number of rotatable bonds is 4. The second kappa shape index (κ2) is 9.60. The van der Waals surface area contributed by atoms with Crippen molar-refractivity contribution in [1.29, 1.82) is 0 Å². The van der Waals surface area contributed by atoms with E-state index in [9.17, 15) is 0 Å². The highest BCUT2D eigenvalue weighted by atomic mass is 127. The van der Waals surface area contributed by atoms with Gasteiger partial charge in [0.1, 0.15) is 0 Å². The van der Waals surface area contributed by atoms with E-state index in [0.29, 0.717) is 18.1 Å². The lowest BCUT2D eigenvalue weighted by Gasteiger charge is -2.35. The van der Waals surface area contributed by atoms with Gasteiger partial charge in [-0.2, -0.15) is 0 Å². The number of halogens is 1. The molecule has 0 amide bonds. The highest BCUT2D eigenvalue weighted by molar-refractivity contribution is 14.0. The van der Waals surface area contributed by atoms with E-state index in [4.69, 9.17) is 0 Å². The van der Waals surface area contributed by atoms with Crippen molar-refractivity contribution in [3.05, 3.63) is 0 Å². The Morgan fingerprint density at radius 2 is 1.67 bits per heavy atom. The van der Waals surface area contributed by atoms with Crippen molar-refractivity contribution in [2.75, 3.05) is 20.1 Å². The van der Waals surface area contributed by atoms with Gasteiger partial charge in [0.2, 0.25) is 0 Å². The van der Waals surface area contributed by atoms with Crippen LogP contribution in [0.2, 0.25) is 0 Å². The highest BCUT2D eigenvalue weighted by Crippen LogP contribution is 2.44. The van der Waals surface area contributed by atoms with Crippen LogP contribution in [0.1, 0.15) is 65.2 Å². The van der Waals surface area contributed by atoms with Crippen molar-refractivity contribution in [1.82, 2.24) is 15.5 Å². The van der Waals surface area contributed by atoms with Crippen LogP contribution in [0.3, 0.4) is 0 Å². The number of nitrogens with zero attached hydrogens (tertiary/aromatic N) is 2. The molecule has 2 saturated carbocycles. The molecular formula is C19H37IN4. The summed E-state index contributed by atoms with van der Waals surface area (Å²) in [5.41, 5.74) is 0. The molecule has 3 rings (SSSR count). The Morgan fingerprint density at radius 1 is 1.00 bits per heavy atom. The molecule has 4 nitrogen and oxygen atoms in total. The SMILES string of the molecule is CN=C(NC1CCN(C(C)C)CC1)NC1CC1C1CCCCC1.I. The molecular weight excluding hydrogens is 411 g/mol. The first kappa shape index (κ1) is 20.3. The minimum atomic E-state index is 0. The van der Waals surface area contributed by atoms with Crippen molar-refractivity contribution in [3.8, 4) is 0 Å². The van der Waals surface area contributed by atoms with Crippen molar-refractivity contribution in [2.45, 2.75) is 83.3 Å². The van der Waals surface area contributed by atoms with Gasteiger partial charge in [-0.3, -0.25) is 4.99 Å². The minimum Gasteiger partial charge on any atom is -0.354 e. The van der Waals surface area contributed by atoms with Crippen LogP contribution in [0, 0.1) is 11.8 Å². The lowest BCUT2D eigenvalue weighted by molar-refractivity contribution is 0.167. The molecule has 0 aromatic heterocycles. The summed E-state index contributed by atoms with van der Waals surface area (Å²) in [7, 11) is 1.91. The molecule has 24 heavy (non-hydrogen) atoms. The summed E-state index contributed by atoms with van der Waals surface area (Å²) in [5.74, 6) is 2.93. The molecule has 140 valence electrons. The number of nitrogens with one attached hydrogen (secondary N) is 2. The van der Waals surface area contributed by atoms with Crippen LogP contribution in [0.5, 0.6) is 0 Å². The van der Waals surface area contributed by atoms with Gasteiger partial charge >= 0.3 is 0 Å². The number of aliphatic imine (C=N–C) groups is 1. The highest BCUT2D eigenvalue weighted by Gasteiger charge is 2.43. The van der Waals surface area contributed by atoms with Crippen LogP contribution in [-0.4, -0.2) is 49.1 Å². The van der Waals surface area contributed by atoms with E-state index in [0.717, 1.165) is 17.8 Å². The predicted molar refractivity (Wildman–Crippen MR) is 113 cm³/mol. The Kier molecular flexibility index (Phi) is 8.11. The van der Waals surface area contributed by atoms with Gasteiger partial charge in [0.15, 0.2) is 5.96 Å². The Morgan fingerprint density at radius 3 is 2.25 bits per heavy atom. The van der Waals surface area contributed by atoms with E-state index < -0.39 is 0 Å². The fraction of sp³-hybridized carbons (Fsp3) is 0.947. The van der Waals surface area contributed by atoms with Gasteiger partial charge in [-0.1, -0.05) is 32.1 Å². The van der Waals surface area contributed by atoms with Crippen molar-refractivity contribution < 1.29 is 0 Å². The van der Waals surface area contributed by atoms with Crippen LogP contribution in [0.15, 0.2) is 4.99 Å². The molecule has 2 aliphatic carbocycles. The number of piperidine rings is 1. The minimum absolute atomic E-state index is 0. The third-order valence-corrected chi connectivity index (χ3v) is 6.24. The first-order valence-electron chi connectivity index (χ1n) is 9.91. The zero-order valence-electron chi connectivity index (χ0n) is 15.8. The van der Waals surface area contributed by atoms with E-state index in [-0.39, 0.29) is 24.0 Å². The second-order valence-corrected chi connectivity index (χ2v) is 8.17. The molecule has 0 aromatic rings. The maximum Gasteiger partial charge on any atom is 0.191 e. The van der Waals surface area contributed by atoms with Crippen molar-refractivity contribution in [3.63, 3.8) is 0 Å². The summed E-state index contributed by atoms with van der Waals surface area (Å²) in [6.45, 7) is 7.01. The van der Waals surface area contributed by atoms with Crippen LogP contribution < -0.4 is 10.6 Å². The largest absolute Gasteiger partial charge is 0.354 e. The monoisotopic (exact) mass is 448 g/mol.